The van der Waals surface area contributed by atoms with E-state index in [4.69, 9.17) is 0 Å². The van der Waals surface area contributed by atoms with Crippen LogP contribution in [0.5, 0.6) is 0 Å². The molecule has 86 valence electrons. The highest BCUT2D eigenvalue weighted by Crippen LogP contribution is 2.25. The van der Waals surface area contributed by atoms with Crippen molar-refractivity contribution >= 4 is 17.7 Å². The first-order valence-corrected chi connectivity index (χ1v) is 7.04. The van der Waals surface area contributed by atoms with Gasteiger partial charge in [0.2, 0.25) is 5.91 Å². The van der Waals surface area contributed by atoms with Gasteiger partial charge in [-0.15, -0.1) is 11.8 Å². The van der Waals surface area contributed by atoms with E-state index in [-0.39, 0.29) is 11.2 Å². The van der Waals surface area contributed by atoms with Gasteiger partial charge in [-0.25, -0.2) is 0 Å². The average Bonchev–Trinajstić information content (AvgIpc) is 2.31. The minimum Gasteiger partial charge on any atom is -0.352 e. The number of hydrogen-bond donors (Lipinski definition) is 2. The number of thioether (sulfide) groups is 1. The third-order valence-corrected chi connectivity index (χ3v) is 4.53. The van der Waals surface area contributed by atoms with E-state index in [2.05, 4.69) is 10.6 Å². The molecule has 1 unspecified atom stereocenters. The van der Waals surface area contributed by atoms with Crippen LogP contribution in [0, 0.1) is 0 Å². The second-order valence-corrected chi connectivity index (χ2v) is 5.70. The second kappa shape index (κ2) is 5.75. The van der Waals surface area contributed by atoms with E-state index in [1.807, 2.05) is 11.8 Å². The molecule has 0 aliphatic carbocycles. The Bertz CT molecular complexity index is 211. The van der Waals surface area contributed by atoms with Gasteiger partial charge in [-0.1, -0.05) is 6.42 Å². The molecule has 2 saturated heterocycles. The summed E-state index contributed by atoms with van der Waals surface area (Å²) < 4.78 is 0. The van der Waals surface area contributed by atoms with Crippen molar-refractivity contribution < 1.29 is 4.79 Å². The first-order valence-electron chi connectivity index (χ1n) is 5.99. The van der Waals surface area contributed by atoms with Gasteiger partial charge >= 0.3 is 0 Å². The molecule has 0 radical (unpaired) electrons. The van der Waals surface area contributed by atoms with Gasteiger partial charge in [0.1, 0.15) is 0 Å². The monoisotopic (exact) mass is 228 g/mol. The highest BCUT2D eigenvalue weighted by atomic mass is 32.2. The van der Waals surface area contributed by atoms with Crippen LogP contribution in [-0.2, 0) is 4.79 Å². The average molecular weight is 228 g/mol. The highest BCUT2D eigenvalue weighted by Gasteiger charge is 2.24. The van der Waals surface area contributed by atoms with Crippen molar-refractivity contribution in [3.05, 3.63) is 0 Å². The molecule has 2 aliphatic heterocycles. The summed E-state index contributed by atoms with van der Waals surface area (Å²) in [4.78, 5) is 11.9. The van der Waals surface area contributed by atoms with Crippen LogP contribution in [0.3, 0.4) is 0 Å². The Morgan fingerprint density at radius 3 is 2.67 bits per heavy atom. The van der Waals surface area contributed by atoms with Crippen LogP contribution in [0.4, 0.5) is 0 Å². The summed E-state index contributed by atoms with van der Waals surface area (Å²) in [5.41, 5.74) is 0. The predicted octanol–water partition coefficient (Wildman–Crippen LogP) is 1.14. The normalized spacial score (nSPS) is 28.7. The fourth-order valence-electron chi connectivity index (χ4n) is 2.21. The van der Waals surface area contributed by atoms with Gasteiger partial charge in [0.05, 0.1) is 5.25 Å². The molecule has 2 fully saturated rings. The molecule has 0 spiro atoms. The topological polar surface area (TPSA) is 41.1 Å². The number of carbonyl (C=O) groups is 1. The van der Waals surface area contributed by atoms with Gasteiger partial charge in [0.15, 0.2) is 0 Å². The van der Waals surface area contributed by atoms with Crippen molar-refractivity contribution in [2.75, 3.05) is 18.8 Å². The number of carbonyl (C=O) groups excluding carboxylic acids is 1. The summed E-state index contributed by atoms with van der Waals surface area (Å²) in [6, 6.07) is 0.418. The molecule has 0 aromatic rings. The maximum atomic E-state index is 11.9. The molecule has 2 heterocycles. The molecular formula is C11H20N2OS. The van der Waals surface area contributed by atoms with Crippen LogP contribution < -0.4 is 10.6 Å². The quantitative estimate of drug-likeness (QED) is 0.745. The summed E-state index contributed by atoms with van der Waals surface area (Å²) in [6.45, 7) is 2.09. The highest BCUT2D eigenvalue weighted by molar-refractivity contribution is 8.00. The van der Waals surface area contributed by atoms with Gasteiger partial charge in [0, 0.05) is 6.04 Å². The van der Waals surface area contributed by atoms with Gasteiger partial charge in [0.25, 0.3) is 0 Å². The first-order chi connectivity index (χ1) is 7.36. The van der Waals surface area contributed by atoms with Gasteiger partial charge in [-0.05, 0) is 44.5 Å². The summed E-state index contributed by atoms with van der Waals surface area (Å²) in [5, 5.41) is 6.73. The predicted molar refractivity (Wildman–Crippen MR) is 64.1 cm³/mol. The van der Waals surface area contributed by atoms with Crippen molar-refractivity contribution in [3.8, 4) is 0 Å². The molecule has 2 N–H and O–H groups in total. The van der Waals surface area contributed by atoms with Crippen molar-refractivity contribution in [2.24, 2.45) is 0 Å². The van der Waals surface area contributed by atoms with Crippen molar-refractivity contribution in [1.82, 2.24) is 10.6 Å². The molecular weight excluding hydrogens is 208 g/mol. The van der Waals surface area contributed by atoms with Gasteiger partial charge < -0.3 is 10.6 Å². The molecule has 3 nitrogen and oxygen atoms in total. The summed E-state index contributed by atoms with van der Waals surface area (Å²) in [6.07, 6.45) is 5.74. The Kier molecular flexibility index (Phi) is 4.32. The van der Waals surface area contributed by atoms with E-state index in [0.29, 0.717) is 6.04 Å². The van der Waals surface area contributed by atoms with E-state index in [1.54, 1.807) is 0 Å². The third kappa shape index (κ3) is 3.38. The lowest BCUT2D eigenvalue weighted by Gasteiger charge is -2.27. The number of hydrogen-bond acceptors (Lipinski definition) is 3. The third-order valence-electron chi connectivity index (χ3n) is 3.16. The van der Waals surface area contributed by atoms with Gasteiger partial charge in [-0.2, -0.15) is 0 Å². The fourth-order valence-corrected chi connectivity index (χ4v) is 3.42. The molecule has 0 bridgehead atoms. The number of rotatable bonds is 2. The maximum Gasteiger partial charge on any atom is 0.233 e. The molecule has 0 aromatic carbocycles. The van der Waals surface area contributed by atoms with Crippen LogP contribution in [0.25, 0.3) is 0 Å². The van der Waals surface area contributed by atoms with Crippen molar-refractivity contribution in [3.63, 3.8) is 0 Å². The molecule has 1 amide bonds. The van der Waals surface area contributed by atoms with E-state index < -0.39 is 0 Å². The van der Waals surface area contributed by atoms with E-state index in [9.17, 15) is 4.79 Å². The van der Waals surface area contributed by atoms with Crippen LogP contribution in [-0.4, -0.2) is 36.0 Å². The summed E-state index contributed by atoms with van der Waals surface area (Å²) in [7, 11) is 0. The maximum absolute atomic E-state index is 11.9. The zero-order valence-electron chi connectivity index (χ0n) is 9.13. The standard InChI is InChI=1S/C11H20N2OS/c14-11(10-3-1-2-8-15-10)13-9-4-6-12-7-5-9/h9-10,12H,1-8H2,(H,13,14). The molecule has 0 aromatic heterocycles. The second-order valence-electron chi connectivity index (χ2n) is 4.39. The Labute approximate surface area is 95.8 Å². The SMILES string of the molecule is O=C(NC1CCNCC1)C1CCCCS1. The van der Waals surface area contributed by atoms with Crippen LogP contribution in [0.1, 0.15) is 32.1 Å². The van der Waals surface area contributed by atoms with Gasteiger partial charge in [-0.3, -0.25) is 4.79 Å². The summed E-state index contributed by atoms with van der Waals surface area (Å²) in [5.74, 6) is 1.44. The molecule has 1 atom stereocenters. The zero-order valence-corrected chi connectivity index (χ0v) is 9.94. The van der Waals surface area contributed by atoms with E-state index in [1.165, 1.54) is 12.8 Å². The lowest BCUT2D eigenvalue weighted by molar-refractivity contribution is -0.121. The molecule has 4 heteroatoms. The fraction of sp³-hybridized carbons (Fsp3) is 0.909. The Morgan fingerprint density at radius 2 is 2.00 bits per heavy atom. The zero-order chi connectivity index (χ0) is 10.5. The smallest absolute Gasteiger partial charge is 0.233 e. The summed E-state index contributed by atoms with van der Waals surface area (Å²) >= 11 is 1.83. The minimum atomic E-state index is 0.230. The largest absolute Gasteiger partial charge is 0.352 e. The van der Waals surface area contributed by atoms with Crippen LogP contribution in [0.2, 0.25) is 0 Å². The van der Waals surface area contributed by atoms with Crippen molar-refractivity contribution in [1.29, 1.82) is 0 Å². The lowest BCUT2D eigenvalue weighted by atomic mass is 10.1. The Balaban J connectivity index is 1.74. The Morgan fingerprint density at radius 1 is 1.20 bits per heavy atom. The number of piperidine rings is 1. The number of nitrogens with one attached hydrogen (secondary N) is 2. The molecule has 2 rings (SSSR count). The van der Waals surface area contributed by atoms with Crippen LogP contribution in [0.15, 0.2) is 0 Å². The van der Waals surface area contributed by atoms with Crippen LogP contribution >= 0.6 is 11.8 Å². The lowest BCUT2D eigenvalue weighted by Crippen LogP contribution is -2.46. The number of amides is 1. The minimum absolute atomic E-state index is 0.230. The first kappa shape index (κ1) is 11.3. The molecule has 2 aliphatic rings. The molecule has 15 heavy (non-hydrogen) atoms. The van der Waals surface area contributed by atoms with E-state index >= 15 is 0 Å². The van der Waals surface area contributed by atoms with Crippen molar-refractivity contribution in [2.45, 2.75) is 43.4 Å². The molecule has 0 saturated carbocycles. The Hall–Kier alpha value is -0.220. The van der Waals surface area contributed by atoms with E-state index in [0.717, 1.165) is 38.1 Å².